The van der Waals surface area contributed by atoms with Crippen LogP contribution in [-0.4, -0.2) is 22.6 Å². The van der Waals surface area contributed by atoms with Crippen molar-refractivity contribution in [2.45, 2.75) is 40.2 Å². The molecule has 0 rings (SSSR count). The molecule has 0 atom stereocenters. The predicted molar refractivity (Wildman–Crippen MR) is 45.4 cm³/mol. The Kier molecular flexibility index (Phi) is 8.06. The smallest absolute Gasteiger partial charge is 0.0949 e. The van der Waals surface area contributed by atoms with Crippen LogP contribution >= 0.6 is 0 Å². The van der Waals surface area contributed by atoms with Crippen molar-refractivity contribution < 1.29 is 15.3 Å². The summed E-state index contributed by atoms with van der Waals surface area (Å²) in [6.07, 6.45) is 0. The van der Waals surface area contributed by atoms with E-state index in [9.17, 15) is 0 Å². The number of hydrogen-bond donors (Lipinski definition) is 2. The molecule has 3 nitrogen and oxygen atoms in total. The molecule has 0 aliphatic carbocycles. The Morgan fingerprint density at radius 3 is 1.45 bits per heavy atom. The van der Waals surface area contributed by atoms with Gasteiger partial charge in [0.2, 0.25) is 0 Å². The summed E-state index contributed by atoms with van der Waals surface area (Å²) in [6.45, 7) is 9.56. The van der Waals surface area contributed by atoms with Crippen LogP contribution in [0.1, 0.15) is 34.6 Å². The van der Waals surface area contributed by atoms with Crippen molar-refractivity contribution in [2.75, 3.05) is 6.61 Å². The molecule has 0 radical (unpaired) electrons. The second kappa shape index (κ2) is 6.58. The van der Waals surface area contributed by atoms with Crippen molar-refractivity contribution in [3.05, 3.63) is 0 Å². The first-order valence-electron chi connectivity index (χ1n) is 3.77. The standard InChI is InChI=1S/C4H10O2.C4H10O/c1-4(2,3)6-5;1-4(2)3-5/h5H,1-3H3;4-5H,3H2,1-2H3. The molecule has 0 aromatic rings. The van der Waals surface area contributed by atoms with Gasteiger partial charge in [0.05, 0.1) is 5.60 Å². The van der Waals surface area contributed by atoms with Gasteiger partial charge in [0.25, 0.3) is 0 Å². The van der Waals surface area contributed by atoms with Crippen LogP contribution in [0.2, 0.25) is 0 Å². The van der Waals surface area contributed by atoms with Gasteiger partial charge < -0.3 is 5.11 Å². The molecule has 0 fully saturated rings. The SMILES string of the molecule is CC(C)(C)OO.CC(C)CO. The lowest BCUT2D eigenvalue weighted by Crippen LogP contribution is -2.15. The van der Waals surface area contributed by atoms with E-state index in [1.807, 2.05) is 13.8 Å². The van der Waals surface area contributed by atoms with Crippen LogP contribution in [0, 0.1) is 5.92 Å². The summed E-state index contributed by atoms with van der Waals surface area (Å²) in [7, 11) is 0. The number of aliphatic hydroxyl groups is 1. The van der Waals surface area contributed by atoms with E-state index >= 15 is 0 Å². The fourth-order valence-electron chi connectivity index (χ4n) is 0. The van der Waals surface area contributed by atoms with Gasteiger partial charge in [-0.2, -0.15) is 0 Å². The zero-order valence-electron chi connectivity index (χ0n) is 8.09. The molecular weight excluding hydrogens is 144 g/mol. The van der Waals surface area contributed by atoms with Crippen molar-refractivity contribution in [1.29, 1.82) is 0 Å². The van der Waals surface area contributed by atoms with Gasteiger partial charge in [-0.3, -0.25) is 5.26 Å². The highest BCUT2D eigenvalue weighted by Gasteiger charge is 2.06. The van der Waals surface area contributed by atoms with Crippen LogP contribution in [0.3, 0.4) is 0 Å². The van der Waals surface area contributed by atoms with Crippen LogP contribution in [0.15, 0.2) is 0 Å². The molecule has 70 valence electrons. The van der Waals surface area contributed by atoms with E-state index in [2.05, 4.69) is 4.89 Å². The zero-order valence-corrected chi connectivity index (χ0v) is 8.09. The molecule has 0 saturated heterocycles. The lowest BCUT2D eigenvalue weighted by Gasteiger charge is -2.10. The minimum absolute atomic E-state index is 0.306. The third-order valence-electron chi connectivity index (χ3n) is 0.639. The maximum atomic E-state index is 8.14. The van der Waals surface area contributed by atoms with E-state index in [-0.39, 0.29) is 0 Å². The maximum absolute atomic E-state index is 8.14. The molecule has 0 aliphatic rings. The van der Waals surface area contributed by atoms with Crippen LogP contribution in [0.25, 0.3) is 0 Å². The largest absolute Gasteiger partial charge is 0.396 e. The molecule has 0 aromatic carbocycles. The molecule has 0 spiro atoms. The summed E-state index contributed by atoms with van der Waals surface area (Å²) < 4.78 is 0. The van der Waals surface area contributed by atoms with Gasteiger partial charge in [-0.25, -0.2) is 4.89 Å². The molecule has 0 aromatic heterocycles. The number of aliphatic hydroxyl groups excluding tert-OH is 1. The summed E-state index contributed by atoms with van der Waals surface area (Å²) in [5, 5.41) is 16.0. The van der Waals surface area contributed by atoms with Gasteiger partial charge in [-0.05, 0) is 26.7 Å². The molecule has 0 saturated carbocycles. The van der Waals surface area contributed by atoms with Crippen LogP contribution in [-0.2, 0) is 4.89 Å². The van der Waals surface area contributed by atoms with Gasteiger partial charge in [0.15, 0.2) is 0 Å². The number of hydrogen-bond acceptors (Lipinski definition) is 3. The average molecular weight is 164 g/mol. The quantitative estimate of drug-likeness (QED) is 0.459. The minimum Gasteiger partial charge on any atom is -0.396 e. The van der Waals surface area contributed by atoms with E-state index in [4.69, 9.17) is 10.4 Å². The summed E-state index contributed by atoms with van der Waals surface area (Å²) in [4.78, 5) is 3.94. The van der Waals surface area contributed by atoms with Crippen LogP contribution < -0.4 is 0 Å². The van der Waals surface area contributed by atoms with Gasteiger partial charge in [-0.15, -0.1) is 0 Å². The van der Waals surface area contributed by atoms with Gasteiger partial charge in [0.1, 0.15) is 0 Å². The maximum Gasteiger partial charge on any atom is 0.0949 e. The molecule has 3 heteroatoms. The Bertz CT molecular complexity index is 73.9. The third kappa shape index (κ3) is 25.8. The van der Waals surface area contributed by atoms with E-state index in [0.29, 0.717) is 12.5 Å². The zero-order chi connectivity index (χ0) is 9.49. The molecule has 0 amide bonds. The third-order valence-corrected chi connectivity index (χ3v) is 0.639. The summed E-state index contributed by atoms with van der Waals surface area (Å²) in [6, 6.07) is 0. The molecular formula is C8H20O3. The second-order valence-corrected chi connectivity index (χ2v) is 3.78. The van der Waals surface area contributed by atoms with E-state index in [1.54, 1.807) is 20.8 Å². The normalized spacial score (nSPS) is 10.9. The van der Waals surface area contributed by atoms with E-state index < -0.39 is 5.60 Å². The van der Waals surface area contributed by atoms with Gasteiger partial charge >= 0.3 is 0 Å². The Morgan fingerprint density at radius 1 is 1.27 bits per heavy atom. The Morgan fingerprint density at radius 2 is 1.45 bits per heavy atom. The summed E-state index contributed by atoms with van der Waals surface area (Å²) in [5.74, 6) is 0.440. The second-order valence-electron chi connectivity index (χ2n) is 3.78. The molecule has 11 heavy (non-hydrogen) atoms. The lowest BCUT2D eigenvalue weighted by molar-refractivity contribution is -0.306. The Hall–Kier alpha value is -0.120. The fourth-order valence-corrected chi connectivity index (χ4v) is 0. The Labute approximate surface area is 68.9 Å². The first-order valence-corrected chi connectivity index (χ1v) is 3.77. The topological polar surface area (TPSA) is 49.7 Å². The number of rotatable bonds is 1. The van der Waals surface area contributed by atoms with Gasteiger partial charge in [0, 0.05) is 6.61 Å². The van der Waals surface area contributed by atoms with Crippen molar-refractivity contribution in [2.24, 2.45) is 5.92 Å². The van der Waals surface area contributed by atoms with Crippen molar-refractivity contribution in [3.8, 4) is 0 Å². The van der Waals surface area contributed by atoms with Crippen molar-refractivity contribution in [1.82, 2.24) is 0 Å². The minimum atomic E-state index is -0.403. The highest BCUT2D eigenvalue weighted by Crippen LogP contribution is 2.01. The molecule has 0 unspecified atom stereocenters. The fraction of sp³-hybridized carbons (Fsp3) is 1.00. The monoisotopic (exact) mass is 164 g/mol. The lowest BCUT2D eigenvalue weighted by atomic mass is 10.2. The van der Waals surface area contributed by atoms with Crippen molar-refractivity contribution >= 4 is 0 Å². The Balaban J connectivity index is 0. The van der Waals surface area contributed by atoms with Crippen LogP contribution in [0.4, 0.5) is 0 Å². The van der Waals surface area contributed by atoms with Crippen molar-refractivity contribution in [3.63, 3.8) is 0 Å². The first-order chi connectivity index (χ1) is 4.83. The average Bonchev–Trinajstić information content (AvgIpc) is 1.88. The molecule has 0 aliphatic heterocycles. The highest BCUT2D eigenvalue weighted by atomic mass is 17.1. The first kappa shape index (κ1) is 13.5. The van der Waals surface area contributed by atoms with E-state index in [1.165, 1.54) is 0 Å². The molecule has 0 heterocycles. The molecule has 0 bridgehead atoms. The molecule has 2 N–H and O–H groups in total. The predicted octanol–water partition coefficient (Wildman–Crippen LogP) is 1.91. The summed E-state index contributed by atoms with van der Waals surface area (Å²) in [5.41, 5.74) is -0.403. The van der Waals surface area contributed by atoms with Crippen LogP contribution in [0.5, 0.6) is 0 Å². The highest BCUT2D eigenvalue weighted by molar-refractivity contribution is 4.53. The summed E-state index contributed by atoms with van der Waals surface area (Å²) >= 11 is 0. The van der Waals surface area contributed by atoms with E-state index in [0.717, 1.165) is 0 Å². The van der Waals surface area contributed by atoms with Gasteiger partial charge in [-0.1, -0.05) is 13.8 Å².